The fraction of sp³-hybridized carbons (Fsp3) is 0.750. The molecule has 1 saturated heterocycles. The maximum absolute atomic E-state index is 10.4. The fourth-order valence-electron chi connectivity index (χ4n) is 0.596. The summed E-state index contributed by atoms with van der Waals surface area (Å²) in [4.78, 5) is 10.4. The quantitative estimate of drug-likeness (QED) is 0.389. The molecule has 0 spiro atoms. The molecule has 1 fully saturated rings. The molecule has 1 aliphatic heterocycles. The molecule has 1 atom stereocenters. The zero-order chi connectivity index (χ0) is 5.28. The van der Waals surface area contributed by atoms with Crippen LogP contribution in [0.1, 0.15) is 0 Å². The van der Waals surface area contributed by atoms with Crippen LogP contribution in [0.4, 0.5) is 0 Å². The predicted octanol–water partition coefficient (Wildman–Crippen LogP) is -1.51. The normalized spacial score (nSPS) is 31.6. The van der Waals surface area contributed by atoms with Crippen LogP contribution in [0.15, 0.2) is 0 Å². The van der Waals surface area contributed by atoms with Crippen LogP contribution in [0, 0.1) is 0 Å². The number of nitrogens with two attached hydrogens (primary N) is 1. The SMILES string of the molecule is NC1CNCC1=O. The van der Waals surface area contributed by atoms with E-state index in [0.717, 1.165) is 0 Å². The van der Waals surface area contributed by atoms with Crippen LogP contribution in [0.3, 0.4) is 0 Å². The lowest BCUT2D eigenvalue weighted by Gasteiger charge is -1.91. The molecule has 0 amide bonds. The van der Waals surface area contributed by atoms with E-state index < -0.39 is 0 Å². The highest BCUT2D eigenvalue weighted by Gasteiger charge is 2.18. The predicted molar refractivity (Wildman–Crippen MR) is 25.9 cm³/mol. The van der Waals surface area contributed by atoms with E-state index in [4.69, 9.17) is 5.73 Å². The highest BCUT2D eigenvalue weighted by molar-refractivity contribution is 5.87. The summed E-state index contributed by atoms with van der Waals surface area (Å²) in [7, 11) is 0. The van der Waals surface area contributed by atoms with Gasteiger partial charge in [-0.05, 0) is 0 Å². The van der Waals surface area contributed by atoms with Gasteiger partial charge in [0, 0.05) is 6.54 Å². The van der Waals surface area contributed by atoms with Crippen molar-refractivity contribution in [2.24, 2.45) is 5.73 Å². The van der Waals surface area contributed by atoms with Gasteiger partial charge in [0.25, 0.3) is 0 Å². The summed E-state index contributed by atoms with van der Waals surface area (Å²) in [6.07, 6.45) is 0. The molecule has 1 aliphatic rings. The summed E-state index contributed by atoms with van der Waals surface area (Å²) in [5.41, 5.74) is 5.27. The molecule has 40 valence electrons. The smallest absolute Gasteiger partial charge is 0.164 e. The van der Waals surface area contributed by atoms with E-state index in [-0.39, 0.29) is 11.8 Å². The molecule has 0 aromatic heterocycles. The molecule has 3 nitrogen and oxygen atoms in total. The van der Waals surface area contributed by atoms with E-state index >= 15 is 0 Å². The third-order valence-electron chi connectivity index (χ3n) is 1.08. The highest BCUT2D eigenvalue weighted by Crippen LogP contribution is 1.85. The van der Waals surface area contributed by atoms with Gasteiger partial charge in [-0.15, -0.1) is 0 Å². The zero-order valence-electron chi connectivity index (χ0n) is 3.98. The Morgan fingerprint density at radius 3 is 2.71 bits per heavy atom. The van der Waals surface area contributed by atoms with Crippen LogP contribution in [0.2, 0.25) is 0 Å². The third-order valence-corrected chi connectivity index (χ3v) is 1.08. The molecule has 3 N–H and O–H groups in total. The van der Waals surface area contributed by atoms with E-state index in [0.29, 0.717) is 13.1 Å². The lowest BCUT2D eigenvalue weighted by atomic mass is 10.3. The van der Waals surface area contributed by atoms with Crippen molar-refractivity contribution in [2.45, 2.75) is 6.04 Å². The van der Waals surface area contributed by atoms with E-state index in [1.165, 1.54) is 0 Å². The summed E-state index contributed by atoms with van der Waals surface area (Å²) in [5.74, 6) is 0.125. The first kappa shape index (κ1) is 4.74. The Bertz CT molecular complexity index is 91.7. The number of ketones is 1. The lowest BCUT2D eigenvalue weighted by molar-refractivity contribution is -0.117. The minimum absolute atomic E-state index is 0.125. The second-order valence-electron chi connectivity index (χ2n) is 1.70. The van der Waals surface area contributed by atoms with Crippen molar-refractivity contribution in [3.05, 3.63) is 0 Å². The second kappa shape index (κ2) is 1.60. The van der Waals surface area contributed by atoms with Gasteiger partial charge >= 0.3 is 0 Å². The van der Waals surface area contributed by atoms with Gasteiger partial charge in [-0.25, -0.2) is 0 Å². The molecule has 0 aromatic rings. The Morgan fingerprint density at radius 2 is 2.57 bits per heavy atom. The summed E-state index contributed by atoms with van der Waals surface area (Å²) in [6.45, 7) is 1.11. The number of Topliss-reactive ketones (excluding diaryl/α,β-unsaturated/α-hetero) is 1. The number of carbonyl (C=O) groups is 1. The van der Waals surface area contributed by atoms with Gasteiger partial charge in [-0.2, -0.15) is 0 Å². The first-order valence-corrected chi connectivity index (χ1v) is 2.30. The van der Waals surface area contributed by atoms with Gasteiger partial charge < -0.3 is 11.1 Å². The molecule has 0 saturated carbocycles. The molecule has 7 heavy (non-hydrogen) atoms. The number of carbonyl (C=O) groups excluding carboxylic acids is 1. The van der Waals surface area contributed by atoms with Crippen LogP contribution in [-0.2, 0) is 4.79 Å². The maximum Gasteiger partial charge on any atom is 0.164 e. The van der Waals surface area contributed by atoms with E-state index in [9.17, 15) is 4.79 Å². The van der Waals surface area contributed by atoms with Gasteiger partial charge in [0.15, 0.2) is 5.78 Å². The minimum Gasteiger partial charge on any atom is -0.320 e. The van der Waals surface area contributed by atoms with Gasteiger partial charge in [0.1, 0.15) is 0 Å². The van der Waals surface area contributed by atoms with Crippen LogP contribution < -0.4 is 11.1 Å². The average Bonchev–Trinajstić information content (AvgIpc) is 1.91. The van der Waals surface area contributed by atoms with Crippen LogP contribution >= 0.6 is 0 Å². The summed E-state index contributed by atoms with van der Waals surface area (Å²) < 4.78 is 0. The number of rotatable bonds is 0. The first-order chi connectivity index (χ1) is 3.30. The molecule has 3 heteroatoms. The Kier molecular flexibility index (Phi) is 1.08. The van der Waals surface area contributed by atoms with E-state index in [2.05, 4.69) is 5.32 Å². The van der Waals surface area contributed by atoms with Crippen LogP contribution in [-0.4, -0.2) is 24.9 Å². The summed E-state index contributed by atoms with van der Waals surface area (Å²) >= 11 is 0. The molecule has 1 unspecified atom stereocenters. The second-order valence-corrected chi connectivity index (χ2v) is 1.70. The van der Waals surface area contributed by atoms with Crippen molar-refractivity contribution in [2.75, 3.05) is 13.1 Å². The topological polar surface area (TPSA) is 55.1 Å². The third kappa shape index (κ3) is 0.783. The fourth-order valence-corrected chi connectivity index (χ4v) is 0.596. The molecule has 0 radical (unpaired) electrons. The minimum atomic E-state index is -0.236. The van der Waals surface area contributed by atoms with Crippen molar-refractivity contribution in [1.29, 1.82) is 0 Å². The van der Waals surface area contributed by atoms with Crippen LogP contribution in [0.25, 0.3) is 0 Å². The number of nitrogens with one attached hydrogen (secondary N) is 1. The molecule has 1 heterocycles. The zero-order valence-corrected chi connectivity index (χ0v) is 3.98. The van der Waals surface area contributed by atoms with Crippen molar-refractivity contribution in [3.63, 3.8) is 0 Å². The molecule has 0 bridgehead atoms. The van der Waals surface area contributed by atoms with Gasteiger partial charge in [-0.3, -0.25) is 4.79 Å². The van der Waals surface area contributed by atoms with Crippen LogP contribution in [0.5, 0.6) is 0 Å². The van der Waals surface area contributed by atoms with Crippen molar-refractivity contribution in [3.8, 4) is 0 Å². The summed E-state index contributed by atoms with van der Waals surface area (Å²) in [5, 5.41) is 2.85. The average molecular weight is 100 g/mol. The monoisotopic (exact) mass is 100 g/mol. The molecule has 0 aliphatic carbocycles. The van der Waals surface area contributed by atoms with E-state index in [1.807, 2.05) is 0 Å². The summed E-state index contributed by atoms with van der Waals surface area (Å²) in [6, 6.07) is -0.236. The van der Waals surface area contributed by atoms with Gasteiger partial charge in [0.05, 0.1) is 12.6 Å². The maximum atomic E-state index is 10.4. The molecular weight excluding hydrogens is 92.1 g/mol. The standard InChI is InChI=1S/C4H8N2O/c5-3-1-6-2-4(3)7/h3,6H,1-2,5H2. The molecule has 0 aromatic carbocycles. The Morgan fingerprint density at radius 1 is 1.86 bits per heavy atom. The number of hydrogen-bond acceptors (Lipinski definition) is 3. The van der Waals surface area contributed by atoms with Gasteiger partial charge in [0.2, 0.25) is 0 Å². The Balaban J connectivity index is 2.48. The Hall–Kier alpha value is -0.410. The van der Waals surface area contributed by atoms with Crippen molar-refractivity contribution >= 4 is 5.78 Å². The van der Waals surface area contributed by atoms with Crippen molar-refractivity contribution in [1.82, 2.24) is 5.32 Å². The van der Waals surface area contributed by atoms with E-state index in [1.54, 1.807) is 0 Å². The Labute approximate surface area is 41.9 Å². The number of hydrogen-bond donors (Lipinski definition) is 2. The lowest BCUT2D eigenvalue weighted by Crippen LogP contribution is -2.28. The first-order valence-electron chi connectivity index (χ1n) is 2.30. The highest BCUT2D eigenvalue weighted by atomic mass is 16.1. The molecular formula is C4H8N2O. The molecule has 1 rings (SSSR count). The largest absolute Gasteiger partial charge is 0.320 e. The van der Waals surface area contributed by atoms with Gasteiger partial charge in [-0.1, -0.05) is 0 Å². The van der Waals surface area contributed by atoms with Crippen molar-refractivity contribution < 1.29 is 4.79 Å².